The molecular formula is C24H16Cl2INO6S2. The summed E-state index contributed by atoms with van der Waals surface area (Å²) in [7, 11) is -2.90. The molecule has 1 aliphatic rings. The predicted molar refractivity (Wildman–Crippen MR) is 148 cm³/mol. The van der Waals surface area contributed by atoms with Crippen molar-refractivity contribution in [2.24, 2.45) is 0 Å². The van der Waals surface area contributed by atoms with Gasteiger partial charge < -0.3 is 8.92 Å². The molecule has 0 aliphatic carbocycles. The van der Waals surface area contributed by atoms with E-state index in [2.05, 4.69) is 22.6 Å². The summed E-state index contributed by atoms with van der Waals surface area (Å²) >= 11 is 15.1. The van der Waals surface area contributed by atoms with Gasteiger partial charge in [0.2, 0.25) is 5.75 Å². The number of halogens is 3. The molecule has 0 aromatic heterocycles. The molecule has 0 spiro atoms. The lowest BCUT2D eigenvalue weighted by Gasteiger charge is -2.14. The number of imide groups is 1. The van der Waals surface area contributed by atoms with Gasteiger partial charge in [-0.3, -0.25) is 14.5 Å². The Morgan fingerprint density at radius 1 is 1.03 bits per heavy atom. The number of carbonyl (C=O) groups excluding carboxylic acids is 2. The van der Waals surface area contributed by atoms with Gasteiger partial charge in [-0.25, -0.2) is 0 Å². The number of carbonyl (C=O) groups is 2. The Balaban J connectivity index is 1.59. The first-order valence-corrected chi connectivity index (χ1v) is 14.2. The van der Waals surface area contributed by atoms with Crippen LogP contribution in [0.5, 0.6) is 11.5 Å². The van der Waals surface area contributed by atoms with E-state index in [1.54, 1.807) is 0 Å². The van der Waals surface area contributed by atoms with E-state index in [-0.39, 0.29) is 32.9 Å². The number of ether oxygens (including phenoxy) is 1. The van der Waals surface area contributed by atoms with Gasteiger partial charge in [0, 0.05) is 8.59 Å². The molecule has 1 saturated heterocycles. The van der Waals surface area contributed by atoms with Crippen molar-refractivity contribution in [1.82, 2.24) is 4.90 Å². The molecule has 186 valence electrons. The second-order valence-electron chi connectivity index (χ2n) is 7.42. The molecule has 7 nitrogen and oxygen atoms in total. The highest BCUT2D eigenvalue weighted by molar-refractivity contribution is 14.1. The topological polar surface area (TPSA) is 90.0 Å². The first-order chi connectivity index (χ1) is 17.1. The number of hydrogen-bond acceptors (Lipinski definition) is 7. The Morgan fingerprint density at radius 3 is 2.33 bits per heavy atom. The van der Waals surface area contributed by atoms with Crippen molar-refractivity contribution in [2.75, 3.05) is 7.11 Å². The maximum absolute atomic E-state index is 12.9. The molecule has 12 heteroatoms. The highest BCUT2D eigenvalue weighted by atomic mass is 127. The smallest absolute Gasteiger partial charge is 0.339 e. The van der Waals surface area contributed by atoms with Crippen LogP contribution in [0.3, 0.4) is 0 Å². The van der Waals surface area contributed by atoms with Crippen LogP contribution in [0.4, 0.5) is 4.79 Å². The molecule has 1 heterocycles. The first kappa shape index (κ1) is 26.8. The quantitative estimate of drug-likeness (QED) is 0.158. The molecule has 3 aromatic rings. The zero-order valence-electron chi connectivity index (χ0n) is 18.4. The Bertz CT molecular complexity index is 1480. The van der Waals surface area contributed by atoms with Crippen molar-refractivity contribution in [3.05, 3.63) is 90.3 Å². The molecule has 0 N–H and O–H groups in total. The zero-order valence-corrected chi connectivity index (χ0v) is 23.7. The summed E-state index contributed by atoms with van der Waals surface area (Å²) < 4.78 is 37.0. The molecule has 0 bridgehead atoms. The fraction of sp³-hybridized carbons (Fsp3) is 0.0833. The Morgan fingerprint density at radius 2 is 1.69 bits per heavy atom. The minimum Gasteiger partial charge on any atom is -0.493 e. The van der Waals surface area contributed by atoms with Crippen molar-refractivity contribution in [1.29, 1.82) is 0 Å². The molecular weight excluding hydrogens is 660 g/mol. The van der Waals surface area contributed by atoms with Gasteiger partial charge in [0.05, 0.1) is 23.6 Å². The third kappa shape index (κ3) is 6.00. The monoisotopic (exact) mass is 675 g/mol. The van der Waals surface area contributed by atoms with Crippen LogP contribution in [-0.4, -0.2) is 31.6 Å². The van der Waals surface area contributed by atoms with E-state index in [4.69, 9.17) is 32.1 Å². The minimum atomic E-state index is -4.22. The van der Waals surface area contributed by atoms with Gasteiger partial charge in [0.15, 0.2) is 5.75 Å². The van der Waals surface area contributed by atoms with Crippen LogP contribution in [-0.2, 0) is 21.5 Å². The fourth-order valence-electron chi connectivity index (χ4n) is 3.22. The van der Waals surface area contributed by atoms with Crippen molar-refractivity contribution in [3.8, 4) is 11.5 Å². The van der Waals surface area contributed by atoms with Gasteiger partial charge in [0.25, 0.3) is 11.1 Å². The average Bonchev–Trinajstić information content (AvgIpc) is 3.09. The van der Waals surface area contributed by atoms with Crippen molar-refractivity contribution in [2.45, 2.75) is 11.4 Å². The maximum Gasteiger partial charge on any atom is 0.339 e. The van der Waals surface area contributed by atoms with E-state index in [1.807, 2.05) is 24.3 Å². The number of hydrogen-bond donors (Lipinski definition) is 0. The predicted octanol–water partition coefficient (Wildman–Crippen LogP) is 6.61. The number of rotatable bonds is 7. The van der Waals surface area contributed by atoms with Gasteiger partial charge in [-0.2, -0.15) is 8.42 Å². The molecule has 1 aliphatic heterocycles. The second kappa shape index (κ2) is 11.0. The van der Waals surface area contributed by atoms with E-state index >= 15 is 0 Å². The molecule has 1 fully saturated rings. The Hall–Kier alpha value is -2.25. The summed E-state index contributed by atoms with van der Waals surface area (Å²) in [5.41, 5.74) is 1.25. The second-order valence-corrected chi connectivity index (χ2v) is 12.0. The lowest BCUT2D eigenvalue weighted by molar-refractivity contribution is -0.123. The van der Waals surface area contributed by atoms with Gasteiger partial charge in [-0.15, -0.1) is 0 Å². The summed E-state index contributed by atoms with van der Waals surface area (Å²) in [6.07, 6.45) is 1.49. The van der Waals surface area contributed by atoms with Gasteiger partial charge in [-0.05, 0) is 100 Å². The molecule has 0 saturated carbocycles. The average molecular weight is 676 g/mol. The van der Waals surface area contributed by atoms with Crippen molar-refractivity contribution < 1.29 is 26.9 Å². The Labute approximate surface area is 235 Å². The number of amides is 2. The van der Waals surface area contributed by atoms with Crippen LogP contribution < -0.4 is 8.92 Å². The third-order valence-electron chi connectivity index (χ3n) is 4.97. The normalized spacial score (nSPS) is 15.0. The summed E-state index contributed by atoms with van der Waals surface area (Å²) in [6.45, 7) is 0.151. The van der Waals surface area contributed by atoms with Gasteiger partial charge >= 0.3 is 10.1 Å². The fourth-order valence-corrected chi connectivity index (χ4v) is 5.81. The molecule has 2 amide bonds. The van der Waals surface area contributed by atoms with E-state index in [9.17, 15) is 18.0 Å². The molecule has 3 aromatic carbocycles. The van der Waals surface area contributed by atoms with Crippen LogP contribution >= 0.6 is 57.6 Å². The van der Waals surface area contributed by atoms with E-state index in [0.29, 0.717) is 10.6 Å². The standard InChI is InChI=1S/C24H16Cl2INO6S2/c1-33-20-11-15(10-19(26)22(20)34-36(31,32)18-8-4-16(25)5-9-18)12-21-23(29)28(24(30)35-21)13-14-2-6-17(27)7-3-14/h2-12H,13H2,1H3/b21-12-. The summed E-state index contributed by atoms with van der Waals surface area (Å²) in [5.74, 6) is -0.619. The van der Waals surface area contributed by atoms with Crippen molar-refractivity contribution >= 4 is 84.9 Å². The highest BCUT2D eigenvalue weighted by Crippen LogP contribution is 2.40. The number of benzene rings is 3. The summed E-state index contributed by atoms with van der Waals surface area (Å²) in [4.78, 5) is 26.6. The van der Waals surface area contributed by atoms with E-state index in [1.165, 1.54) is 49.6 Å². The van der Waals surface area contributed by atoms with Gasteiger partial charge in [0.1, 0.15) is 4.90 Å². The summed E-state index contributed by atoms with van der Waals surface area (Å²) in [6, 6.07) is 15.8. The lowest BCUT2D eigenvalue weighted by atomic mass is 10.1. The lowest BCUT2D eigenvalue weighted by Crippen LogP contribution is -2.27. The largest absolute Gasteiger partial charge is 0.493 e. The highest BCUT2D eigenvalue weighted by Gasteiger charge is 2.35. The van der Waals surface area contributed by atoms with Crippen LogP contribution in [0.2, 0.25) is 10.0 Å². The number of nitrogens with zero attached hydrogens (tertiary/aromatic N) is 1. The molecule has 0 atom stereocenters. The molecule has 4 rings (SSSR count). The molecule has 0 unspecified atom stereocenters. The van der Waals surface area contributed by atoms with Gasteiger partial charge in [-0.1, -0.05) is 35.3 Å². The van der Waals surface area contributed by atoms with Crippen LogP contribution in [0.25, 0.3) is 6.08 Å². The SMILES string of the molecule is COc1cc(/C=C2\SC(=O)N(Cc3ccc(I)cc3)C2=O)cc(Cl)c1OS(=O)(=O)c1ccc(Cl)cc1. The number of methoxy groups -OCH3 is 1. The zero-order chi connectivity index (χ0) is 26.0. The van der Waals surface area contributed by atoms with Crippen LogP contribution in [0, 0.1) is 3.57 Å². The Kier molecular flexibility index (Phi) is 8.20. The van der Waals surface area contributed by atoms with E-state index < -0.39 is 21.3 Å². The summed E-state index contributed by atoms with van der Waals surface area (Å²) in [5, 5.41) is -0.0787. The van der Waals surface area contributed by atoms with Crippen LogP contribution in [0.15, 0.2) is 70.5 Å². The van der Waals surface area contributed by atoms with Crippen LogP contribution in [0.1, 0.15) is 11.1 Å². The number of thioether (sulfide) groups is 1. The minimum absolute atomic E-state index is 0.0319. The maximum atomic E-state index is 12.9. The molecule has 36 heavy (non-hydrogen) atoms. The van der Waals surface area contributed by atoms with E-state index in [0.717, 1.165) is 25.8 Å². The van der Waals surface area contributed by atoms with Crippen molar-refractivity contribution in [3.63, 3.8) is 0 Å². The first-order valence-electron chi connectivity index (χ1n) is 10.1. The third-order valence-corrected chi connectivity index (χ3v) is 8.37. The molecule has 0 radical (unpaired) electrons.